The van der Waals surface area contributed by atoms with Gasteiger partial charge in [-0.3, -0.25) is 4.79 Å². The molecule has 3 aromatic rings. The van der Waals surface area contributed by atoms with Gasteiger partial charge in [-0.2, -0.15) is 0 Å². The van der Waals surface area contributed by atoms with Crippen molar-refractivity contribution in [2.24, 2.45) is 0 Å². The summed E-state index contributed by atoms with van der Waals surface area (Å²) in [5.74, 6) is -13.2. The zero-order chi connectivity index (χ0) is 33.8. The van der Waals surface area contributed by atoms with E-state index in [1.807, 2.05) is 0 Å². The number of benzene rings is 3. The molecule has 18 nitrogen and oxygen atoms in total. The van der Waals surface area contributed by atoms with Crippen molar-refractivity contribution in [3.05, 3.63) is 53.1 Å². The van der Waals surface area contributed by atoms with Gasteiger partial charge in [0.05, 0.1) is 16.7 Å². The van der Waals surface area contributed by atoms with Crippen molar-refractivity contribution in [1.82, 2.24) is 0 Å². The van der Waals surface area contributed by atoms with Crippen LogP contribution in [-0.2, 0) is 19.0 Å². The molecule has 18 heteroatoms. The van der Waals surface area contributed by atoms with Crippen LogP contribution in [0.15, 0.2) is 36.4 Å². The van der Waals surface area contributed by atoms with E-state index in [9.17, 15) is 75.3 Å². The van der Waals surface area contributed by atoms with Crippen molar-refractivity contribution in [3.63, 3.8) is 0 Å². The van der Waals surface area contributed by atoms with Gasteiger partial charge in [-0.15, -0.1) is 0 Å². The first kappa shape index (κ1) is 33.4. The Kier molecular flexibility index (Phi) is 9.65. The summed E-state index contributed by atoms with van der Waals surface area (Å²) in [7, 11) is 0. The van der Waals surface area contributed by atoms with Crippen LogP contribution in [-0.4, -0.2) is 111 Å². The summed E-state index contributed by atoms with van der Waals surface area (Å²) in [6.07, 6.45) is -5.22. The summed E-state index contributed by atoms with van der Waals surface area (Å²) in [6.45, 7) is -2.59. The van der Waals surface area contributed by atoms with Crippen LogP contribution in [0.1, 0.15) is 31.1 Å². The average Bonchev–Trinajstić information content (AvgIpc) is 3.00. The molecule has 3 rings (SSSR count). The highest BCUT2D eigenvalue weighted by molar-refractivity contribution is 5.94. The summed E-state index contributed by atoms with van der Waals surface area (Å²) in [5, 5.41) is 108. The van der Waals surface area contributed by atoms with E-state index < -0.39 is 117 Å². The summed E-state index contributed by atoms with van der Waals surface area (Å²) < 4.78 is 14.7. The van der Waals surface area contributed by atoms with Gasteiger partial charge in [0.25, 0.3) is 0 Å². The molecule has 0 aliphatic heterocycles. The third-order valence-corrected chi connectivity index (χ3v) is 6.08. The Morgan fingerprint density at radius 2 is 0.933 bits per heavy atom. The van der Waals surface area contributed by atoms with Crippen LogP contribution in [0.4, 0.5) is 0 Å². The molecule has 3 atom stereocenters. The quantitative estimate of drug-likeness (QED) is 0.0550. The molecular formula is C27H24O18. The molecule has 0 saturated heterocycles. The second-order valence-electron chi connectivity index (χ2n) is 9.24. The molecule has 0 fully saturated rings. The Hall–Kier alpha value is -6.14. The van der Waals surface area contributed by atoms with Gasteiger partial charge in [0.2, 0.25) is 5.60 Å². The lowest BCUT2D eigenvalue weighted by Crippen LogP contribution is -2.57. The molecular weight excluding hydrogens is 612 g/mol. The molecule has 0 aliphatic carbocycles. The zero-order valence-corrected chi connectivity index (χ0v) is 22.4. The summed E-state index contributed by atoms with van der Waals surface area (Å²) in [5.41, 5.74) is -4.95. The monoisotopic (exact) mass is 636 g/mol. The number of aromatic hydroxyl groups is 9. The second-order valence-corrected chi connectivity index (χ2v) is 9.24. The SMILES string of the molecule is O=C[C@](COC(=O)c1cc(O)c(O)c(O)c1)(OC(=O)c1cc(O)c(O)c(O)c1)[C@H](O)[C@H](O)COC(=O)c1cc(O)c(O)c(O)c1. The molecule has 0 amide bonds. The third-order valence-electron chi connectivity index (χ3n) is 6.08. The molecule has 0 unspecified atom stereocenters. The van der Waals surface area contributed by atoms with Gasteiger partial charge < -0.3 is 70.4 Å². The van der Waals surface area contributed by atoms with Gasteiger partial charge in [-0.05, 0) is 36.4 Å². The Bertz CT molecular complexity index is 1580. The largest absolute Gasteiger partial charge is 0.504 e. The molecule has 240 valence electrons. The fourth-order valence-electron chi connectivity index (χ4n) is 3.62. The highest BCUT2D eigenvalue weighted by Crippen LogP contribution is 2.38. The van der Waals surface area contributed by atoms with Gasteiger partial charge in [-0.1, -0.05) is 0 Å². The normalized spacial score (nSPS) is 13.6. The Morgan fingerprint density at radius 1 is 0.600 bits per heavy atom. The van der Waals surface area contributed by atoms with E-state index in [0.29, 0.717) is 36.4 Å². The van der Waals surface area contributed by atoms with Crippen molar-refractivity contribution in [3.8, 4) is 51.7 Å². The van der Waals surface area contributed by atoms with Crippen molar-refractivity contribution in [2.75, 3.05) is 13.2 Å². The maximum Gasteiger partial charge on any atom is 0.339 e. The lowest BCUT2D eigenvalue weighted by Gasteiger charge is -2.34. The standard InChI is InChI=1S/C27H24O18/c28-8-27(45-26(42)12-5-17(33)22(38)18(34)6-12,9-44-25(41)11-3-15(31)21(37)16(32)4-11)23(39)19(35)7-43-24(40)10-1-13(29)20(36)14(30)2-10/h1-6,8,19,23,29-39H,7,9H2/t19-,23-,27-/m1/s1. The van der Waals surface area contributed by atoms with E-state index in [-0.39, 0.29) is 6.29 Å². The predicted octanol–water partition coefficient (Wildman–Crippen LogP) is -0.433. The molecule has 11 N–H and O–H groups in total. The van der Waals surface area contributed by atoms with Crippen LogP contribution in [0.25, 0.3) is 0 Å². The highest BCUT2D eigenvalue weighted by Gasteiger charge is 2.48. The smallest absolute Gasteiger partial charge is 0.339 e. The number of aldehydes is 1. The summed E-state index contributed by atoms with van der Waals surface area (Å²) >= 11 is 0. The van der Waals surface area contributed by atoms with Crippen LogP contribution < -0.4 is 0 Å². The minimum absolute atomic E-state index is 0.296. The number of carbonyl (C=O) groups excluding carboxylic acids is 4. The maximum atomic E-state index is 12.9. The second kappa shape index (κ2) is 13.0. The van der Waals surface area contributed by atoms with Gasteiger partial charge in [0.15, 0.2) is 58.0 Å². The number of hydrogen-bond acceptors (Lipinski definition) is 18. The first-order valence-electron chi connectivity index (χ1n) is 12.2. The van der Waals surface area contributed by atoms with E-state index in [0.717, 1.165) is 0 Å². The molecule has 0 saturated carbocycles. The van der Waals surface area contributed by atoms with Gasteiger partial charge in [-0.25, -0.2) is 14.4 Å². The number of phenolic OH excluding ortho intramolecular Hbond substituents is 9. The Balaban J connectivity index is 1.90. The third kappa shape index (κ3) is 7.09. The first-order chi connectivity index (χ1) is 21.0. The molecule has 0 spiro atoms. The van der Waals surface area contributed by atoms with Crippen LogP contribution in [0.3, 0.4) is 0 Å². The Labute approximate surface area is 250 Å². The highest BCUT2D eigenvalue weighted by atomic mass is 16.6. The van der Waals surface area contributed by atoms with Crippen molar-refractivity contribution in [2.45, 2.75) is 17.8 Å². The molecule has 0 aromatic heterocycles. The number of hydrogen-bond donors (Lipinski definition) is 11. The minimum Gasteiger partial charge on any atom is -0.504 e. The van der Waals surface area contributed by atoms with Crippen molar-refractivity contribution >= 4 is 24.2 Å². The number of aliphatic hydroxyl groups excluding tert-OH is 2. The fourth-order valence-corrected chi connectivity index (χ4v) is 3.62. The number of esters is 3. The van der Waals surface area contributed by atoms with E-state index in [2.05, 4.69) is 0 Å². The topological polar surface area (TPSA) is 318 Å². The molecule has 45 heavy (non-hydrogen) atoms. The van der Waals surface area contributed by atoms with Gasteiger partial charge >= 0.3 is 17.9 Å². The van der Waals surface area contributed by atoms with Crippen molar-refractivity contribution < 1.29 is 89.6 Å². The predicted molar refractivity (Wildman–Crippen MR) is 141 cm³/mol. The van der Waals surface area contributed by atoms with Crippen molar-refractivity contribution in [1.29, 1.82) is 0 Å². The number of carbonyl (C=O) groups is 4. The fraction of sp³-hybridized carbons (Fsp3) is 0.185. The average molecular weight is 636 g/mol. The number of rotatable bonds is 11. The van der Waals surface area contributed by atoms with Crippen LogP contribution in [0, 0.1) is 0 Å². The van der Waals surface area contributed by atoms with Crippen LogP contribution in [0.5, 0.6) is 51.7 Å². The molecule has 0 heterocycles. The van der Waals surface area contributed by atoms with Crippen LogP contribution in [0.2, 0.25) is 0 Å². The van der Waals surface area contributed by atoms with Gasteiger partial charge in [0.1, 0.15) is 25.4 Å². The lowest BCUT2D eigenvalue weighted by molar-refractivity contribution is -0.165. The van der Waals surface area contributed by atoms with Crippen LogP contribution >= 0.6 is 0 Å². The zero-order valence-electron chi connectivity index (χ0n) is 22.4. The lowest BCUT2D eigenvalue weighted by atomic mass is 9.94. The van der Waals surface area contributed by atoms with E-state index in [1.165, 1.54) is 0 Å². The van der Waals surface area contributed by atoms with E-state index in [4.69, 9.17) is 14.2 Å². The Morgan fingerprint density at radius 3 is 1.29 bits per heavy atom. The molecule has 0 aliphatic rings. The maximum absolute atomic E-state index is 12.9. The summed E-state index contributed by atoms with van der Waals surface area (Å²) in [6, 6.07) is 3.79. The first-order valence-corrected chi connectivity index (χ1v) is 12.2. The summed E-state index contributed by atoms with van der Waals surface area (Å²) in [4.78, 5) is 50.1. The molecule has 0 bridgehead atoms. The van der Waals surface area contributed by atoms with Gasteiger partial charge in [0, 0.05) is 0 Å². The van der Waals surface area contributed by atoms with E-state index >= 15 is 0 Å². The number of aliphatic hydroxyl groups is 2. The number of phenols is 9. The van der Waals surface area contributed by atoms with E-state index in [1.54, 1.807) is 0 Å². The molecule has 0 radical (unpaired) electrons. The molecule has 3 aromatic carbocycles. The minimum atomic E-state index is -3.06. The number of ether oxygens (including phenoxy) is 3.